The van der Waals surface area contributed by atoms with Crippen LogP contribution in [0.25, 0.3) is 0 Å². The average Bonchev–Trinajstić information content (AvgIpc) is 2.65. The minimum absolute atomic E-state index is 0.0733. The molecule has 1 heterocycles. The van der Waals surface area contributed by atoms with E-state index in [0.29, 0.717) is 12.2 Å². The molecule has 2 rings (SSSR count). The summed E-state index contributed by atoms with van der Waals surface area (Å²) in [6.45, 7) is 4.19. The molecule has 1 aliphatic heterocycles. The quantitative estimate of drug-likeness (QED) is 0.789. The third-order valence-electron chi connectivity index (χ3n) is 3.04. The molecule has 1 aromatic rings. The molecular weight excluding hydrogens is 230 g/mol. The molecule has 0 saturated carbocycles. The fraction of sp³-hybridized carbons (Fsp3) is 0.385. The van der Waals surface area contributed by atoms with Crippen molar-refractivity contribution in [1.82, 2.24) is 5.32 Å². The van der Waals surface area contributed by atoms with Gasteiger partial charge >= 0.3 is 6.03 Å². The van der Waals surface area contributed by atoms with Crippen molar-refractivity contribution < 1.29 is 9.59 Å². The number of nitrogens with one attached hydrogen (secondary N) is 1. The van der Waals surface area contributed by atoms with E-state index in [1.165, 1.54) is 4.90 Å². The molecule has 0 bridgehead atoms. The van der Waals surface area contributed by atoms with Crippen LogP contribution in [0.3, 0.4) is 0 Å². The van der Waals surface area contributed by atoms with Crippen LogP contribution in [0.15, 0.2) is 24.3 Å². The van der Waals surface area contributed by atoms with Gasteiger partial charge in [-0.2, -0.15) is 0 Å². The number of nitrogens with zero attached hydrogens (tertiary/aromatic N) is 1. The van der Waals surface area contributed by atoms with Gasteiger partial charge in [-0.1, -0.05) is 26.0 Å². The molecule has 3 N–H and O–H groups in total. The summed E-state index contributed by atoms with van der Waals surface area (Å²) in [4.78, 5) is 25.2. The molecule has 0 spiro atoms. The number of nitrogens with two attached hydrogens (primary N) is 1. The van der Waals surface area contributed by atoms with Gasteiger partial charge in [0.1, 0.15) is 6.04 Å². The van der Waals surface area contributed by atoms with E-state index >= 15 is 0 Å². The van der Waals surface area contributed by atoms with Crippen molar-refractivity contribution in [3.8, 4) is 0 Å². The highest BCUT2D eigenvalue weighted by Gasteiger charge is 2.40. The summed E-state index contributed by atoms with van der Waals surface area (Å²) in [5, 5.41) is 2.70. The van der Waals surface area contributed by atoms with Crippen molar-refractivity contribution in [2.75, 3.05) is 4.90 Å². The zero-order chi connectivity index (χ0) is 13.3. The van der Waals surface area contributed by atoms with Gasteiger partial charge < -0.3 is 11.1 Å². The molecule has 1 aromatic carbocycles. The first-order valence-electron chi connectivity index (χ1n) is 5.98. The standard InChI is InChI=1S/C13H17N3O2/c1-8(2)11-12(17)16(13(18)15-11)10-5-3-4-9(6-10)7-14/h3-6,8,11H,7,14H2,1-2H3,(H,15,18). The second-order valence-electron chi connectivity index (χ2n) is 4.72. The SMILES string of the molecule is CC(C)C1NC(=O)N(c2cccc(CN)c2)C1=O. The molecule has 1 saturated heterocycles. The number of rotatable bonds is 3. The lowest BCUT2D eigenvalue weighted by molar-refractivity contribution is -0.119. The van der Waals surface area contributed by atoms with Gasteiger partial charge in [0.05, 0.1) is 5.69 Å². The molecule has 0 aliphatic carbocycles. The normalized spacial score (nSPS) is 19.6. The lowest BCUT2D eigenvalue weighted by Gasteiger charge is -2.15. The Kier molecular flexibility index (Phi) is 3.34. The molecule has 5 heteroatoms. The fourth-order valence-electron chi connectivity index (χ4n) is 2.02. The molecule has 0 aromatic heterocycles. The van der Waals surface area contributed by atoms with Gasteiger partial charge in [0.2, 0.25) is 0 Å². The van der Waals surface area contributed by atoms with Gasteiger partial charge in [-0.05, 0) is 23.6 Å². The lowest BCUT2D eigenvalue weighted by atomic mass is 10.0. The average molecular weight is 247 g/mol. The first-order chi connectivity index (χ1) is 8.54. The molecule has 1 aliphatic rings. The highest BCUT2D eigenvalue weighted by atomic mass is 16.2. The second kappa shape index (κ2) is 4.78. The highest BCUT2D eigenvalue weighted by molar-refractivity contribution is 6.21. The Labute approximate surface area is 106 Å². The Balaban J connectivity index is 2.33. The van der Waals surface area contributed by atoms with Crippen LogP contribution in [0, 0.1) is 5.92 Å². The third-order valence-corrected chi connectivity index (χ3v) is 3.04. The molecule has 1 fully saturated rings. The van der Waals surface area contributed by atoms with Gasteiger partial charge in [-0.3, -0.25) is 4.79 Å². The Morgan fingerprint density at radius 2 is 2.11 bits per heavy atom. The zero-order valence-corrected chi connectivity index (χ0v) is 10.5. The van der Waals surface area contributed by atoms with E-state index in [1.807, 2.05) is 19.9 Å². The minimum Gasteiger partial charge on any atom is -0.326 e. The van der Waals surface area contributed by atoms with Crippen molar-refractivity contribution in [3.63, 3.8) is 0 Å². The van der Waals surface area contributed by atoms with Gasteiger partial charge in [0.15, 0.2) is 0 Å². The predicted octanol–water partition coefficient (Wildman–Crippen LogP) is 1.23. The molecule has 96 valence electrons. The largest absolute Gasteiger partial charge is 0.329 e. The first kappa shape index (κ1) is 12.6. The maximum absolute atomic E-state index is 12.2. The smallest absolute Gasteiger partial charge is 0.326 e. The Morgan fingerprint density at radius 1 is 1.39 bits per heavy atom. The number of hydrogen-bond donors (Lipinski definition) is 2. The van der Waals surface area contributed by atoms with E-state index in [1.54, 1.807) is 18.2 Å². The second-order valence-corrected chi connectivity index (χ2v) is 4.72. The Hall–Kier alpha value is -1.88. The number of benzene rings is 1. The number of carbonyl (C=O) groups is 2. The van der Waals surface area contributed by atoms with Gasteiger partial charge in [-0.15, -0.1) is 0 Å². The van der Waals surface area contributed by atoms with Crippen LogP contribution in [0.4, 0.5) is 10.5 Å². The van der Waals surface area contributed by atoms with Crippen LogP contribution in [0.2, 0.25) is 0 Å². The molecule has 18 heavy (non-hydrogen) atoms. The molecule has 0 radical (unpaired) electrons. The monoisotopic (exact) mass is 247 g/mol. The maximum atomic E-state index is 12.2. The number of imide groups is 1. The molecule has 1 atom stereocenters. The number of hydrogen-bond acceptors (Lipinski definition) is 3. The fourth-order valence-corrected chi connectivity index (χ4v) is 2.02. The molecule has 5 nitrogen and oxygen atoms in total. The summed E-state index contributed by atoms with van der Waals surface area (Å²) in [5.74, 6) is -0.131. The van der Waals surface area contributed by atoms with E-state index < -0.39 is 6.04 Å². The third kappa shape index (κ3) is 2.09. The van der Waals surface area contributed by atoms with Gasteiger partial charge in [0, 0.05) is 6.54 Å². The van der Waals surface area contributed by atoms with Crippen LogP contribution in [-0.2, 0) is 11.3 Å². The van der Waals surface area contributed by atoms with Gasteiger partial charge in [-0.25, -0.2) is 9.69 Å². The summed E-state index contributed by atoms with van der Waals surface area (Å²) < 4.78 is 0. The van der Waals surface area contributed by atoms with E-state index in [9.17, 15) is 9.59 Å². The number of carbonyl (C=O) groups excluding carboxylic acids is 2. The Bertz CT molecular complexity index is 485. The van der Waals surface area contributed by atoms with Crippen molar-refractivity contribution in [3.05, 3.63) is 29.8 Å². The van der Waals surface area contributed by atoms with Crippen LogP contribution < -0.4 is 16.0 Å². The lowest BCUT2D eigenvalue weighted by Crippen LogP contribution is -2.34. The van der Waals surface area contributed by atoms with Crippen LogP contribution >= 0.6 is 0 Å². The summed E-state index contributed by atoms with van der Waals surface area (Å²) in [6, 6.07) is 6.34. The van der Waals surface area contributed by atoms with E-state index in [0.717, 1.165) is 5.56 Å². The summed E-state index contributed by atoms with van der Waals surface area (Å²) >= 11 is 0. The van der Waals surface area contributed by atoms with Crippen LogP contribution in [0.5, 0.6) is 0 Å². The maximum Gasteiger partial charge on any atom is 0.329 e. The minimum atomic E-state index is -0.445. The molecular formula is C13H17N3O2. The topological polar surface area (TPSA) is 75.4 Å². The predicted molar refractivity (Wildman–Crippen MR) is 69.0 cm³/mol. The Morgan fingerprint density at radius 3 is 2.67 bits per heavy atom. The molecule has 1 unspecified atom stereocenters. The summed E-state index contributed by atoms with van der Waals surface area (Å²) in [6.07, 6.45) is 0. The molecule has 3 amide bonds. The number of amides is 3. The van der Waals surface area contributed by atoms with Crippen LogP contribution in [0.1, 0.15) is 19.4 Å². The first-order valence-corrected chi connectivity index (χ1v) is 5.98. The summed E-state index contributed by atoms with van der Waals surface area (Å²) in [7, 11) is 0. The summed E-state index contributed by atoms with van der Waals surface area (Å²) in [5.41, 5.74) is 7.02. The van der Waals surface area contributed by atoms with Crippen molar-refractivity contribution in [2.45, 2.75) is 26.4 Å². The van der Waals surface area contributed by atoms with Crippen LogP contribution in [-0.4, -0.2) is 18.0 Å². The highest BCUT2D eigenvalue weighted by Crippen LogP contribution is 2.23. The van der Waals surface area contributed by atoms with Gasteiger partial charge in [0.25, 0.3) is 5.91 Å². The van der Waals surface area contributed by atoms with E-state index in [4.69, 9.17) is 5.73 Å². The van der Waals surface area contributed by atoms with E-state index in [2.05, 4.69) is 5.32 Å². The zero-order valence-electron chi connectivity index (χ0n) is 10.5. The van der Waals surface area contributed by atoms with Crippen molar-refractivity contribution in [2.24, 2.45) is 11.7 Å². The number of urea groups is 1. The van der Waals surface area contributed by atoms with Crippen molar-refractivity contribution in [1.29, 1.82) is 0 Å². The number of anilines is 1. The van der Waals surface area contributed by atoms with Crippen molar-refractivity contribution >= 4 is 17.6 Å². The van der Waals surface area contributed by atoms with E-state index in [-0.39, 0.29) is 17.9 Å².